The summed E-state index contributed by atoms with van der Waals surface area (Å²) >= 11 is 1.29. The molecule has 0 saturated heterocycles. The van der Waals surface area contributed by atoms with Gasteiger partial charge < -0.3 is 15.0 Å². The molecule has 1 heterocycles. The third-order valence-electron chi connectivity index (χ3n) is 4.41. The van der Waals surface area contributed by atoms with E-state index in [4.69, 9.17) is 4.74 Å². The number of imide groups is 1. The van der Waals surface area contributed by atoms with Crippen LogP contribution in [0, 0.1) is 0 Å². The van der Waals surface area contributed by atoms with Gasteiger partial charge in [-0.2, -0.15) is 0 Å². The van der Waals surface area contributed by atoms with Gasteiger partial charge in [-0.25, -0.2) is 9.59 Å². The second kappa shape index (κ2) is 10.9. The van der Waals surface area contributed by atoms with Crippen molar-refractivity contribution in [2.75, 3.05) is 18.6 Å². The molecule has 0 bridgehead atoms. The fourth-order valence-electron chi connectivity index (χ4n) is 2.81. The summed E-state index contributed by atoms with van der Waals surface area (Å²) in [5.74, 6) is -1.83. The van der Waals surface area contributed by atoms with Crippen LogP contribution in [0.4, 0.5) is 10.5 Å². The highest BCUT2D eigenvalue weighted by Gasteiger charge is 2.21. The van der Waals surface area contributed by atoms with E-state index < -0.39 is 24.5 Å². The van der Waals surface area contributed by atoms with Crippen LogP contribution in [-0.4, -0.2) is 37.5 Å². The van der Waals surface area contributed by atoms with Gasteiger partial charge in [0.05, 0.1) is 16.1 Å². The lowest BCUT2D eigenvalue weighted by atomic mass is 10.1. The Hall–Kier alpha value is -3.98. The molecule has 0 radical (unpaired) electrons. The number of hydrogen-bond acceptors (Lipinski definition) is 6. The number of nitrogens with one attached hydrogen (secondary N) is 2. The van der Waals surface area contributed by atoms with Crippen LogP contribution < -0.4 is 15.5 Å². The summed E-state index contributed by atoms with van der Waals surface area (Å²) in [6.07, 6.45) is 0. The van der Waals surface area contributed by atoms with Crippen LogP contribution in [0.3, 0.4) is 0 Å². The molecule has 1 aromatic heterocycles. The third-order valence-corrected chi connectivity index (χ3v) is 5.26. The van der Waals surface area contributed by atoms with Crippen molar-refractivity contribution in [2.24, 2.45) is 0 Å². The summed E-state index contributed by atoms with van der Waals surface area (Å²) < 4.78 is 5.05. The summed E-state index contributed by atoms with van der Waals surface area (Å²) in [5, 5.41) is 6.43. The summed E-state index contributed by atoms with van der Waals surface area (Å²) in [7, 11) is 1.55. The first-order valence-corrected chi connectivity index (χ1v) is 10.5. The predicted molar refractivity (Wildman–Crippen MR) is 121 cm³/mol. The van der Waals surface area contributed by atoms with Gasteiger partial charge in [-0.3, -0.25) is 14.9 Å². The van der Waals surface area contributed by atoms with Crippen LogP contribution >= 0.6 is 11.3 Å². The largest absolute Gasteiger partial charge is 0.452 e. The lowest BCUT2D eigenvalue weighted by molar-refractivity contribution is -0.123. The van der Waals surface area contributed by atoms with Crippen molar-refractivity contribution in [3.05, 3.63) is 88.1 Å². The molecular formula is C23H21N3O5S. The first-order valence-electron chi connectivity index (χ1n) is 9.65. The molecule has 3 aromatic rings. The van der Waals surface area contributed by atoms with Crippen molar-refractivity contribution in [1.29, 1.82) is 0 Å². The van der Waals surface area contributed by atoms with E-state index in [2.05, 4.69) is 10.6 Å². The zero-order valence-corrected chi connectivity index (χ0v) is 18.1. The molecule has 0 atom stereocenters. The highest BCUT2D eigenvalue weighted by molar-refractivity contribution is 7.12. The van der Waals surface area contributed by atoms with Crippen LogP contribution in [0.25, 0.3) is 0 Å². The van der Waals surface area contributed by atoms with Crippen LogP contribution in [0.5, 0.6) is 0 Å². The number of thiophene rings is 1. The van der Waals surface area contributed by atoms with Gasteiger partial charge in [-0.15, -0.1) is 11.3 Å². The molecule has 164 valence electrons. The van der Waals surface area contributed by atoms with Gasteiger partial charge in [-0.1, -0.05) is 48.5 Å². The lowest BCUT2D eigenvalue weighted by Crippen LogP contribution is -2.41. The smallest absolute Gasteiger partial charge is 0.340 e. The molecule has 3 rings (SSSR count). The number of rotatable bonds is 7. The lowest BCUT2D eigenvalue weighted by Gasteiger charge is -2.19. The van der Waals surface area contributed by atoms with E-state index in [9.17, 15) is 19.2 Å². The molecule has 0 aliphatic heterocycles. The van der Waals surface area contributed by atoms with Gasteiger partial charge >= 0.3 is 12.0 Å². The molecule has 0 saturated carbocycles. The first-order chi connectivity index (χ1) is 15.5. The van der Waals surface area contributed by atoms with Crippen LogP contribution in [-0.2, 0) is 16.1 Å². The molecule has 32 heavy (non-hydrogen) atoms. The maximum absolute atomic E-state index is 12.6. The Morgan fingerprint density at radius 3 is 2.38 bits per heavy atom. The van der Waals surface area contributed by atoms with E-state index >= 15 is 0 Å². The quantitative estimate of drug-likeness (QED) is 0.537. The van der Waals surface area contributed by atoms with Gasteiger partial charge in [0, 0.05) is 13.6 Å². The summed E-state index contributed by atoms with van der Waals surface area (Å²) in [4.78, 5) is 50.8. The number of para-hydroxylation sites is 1. The van der Waals surface area contributed by atoms with Crippen LogP contribution in [0.15, 0.2) is 72.1 Å². The molecule has 0 spiro atoms. The van der Waals surface area contributed by atoms with Gasteiger partial charge in [0.15, 0.2) is 6.61 Å². The SMILES string of the molecule is CN(C(=O)c1cccs1)c1ccccc1C(=O)OCC(=O)NC(=O)NCc1ccccc1. The molecule has 9 heteroatoms. The average molecular weight is 452 g/mol. The van der Waals surface area contributed by atoms with Crippen molar-refractivity contribution >= 4 is 40.8 Å². The number of esters is 1. The summed E-state index contributed by atoms with van der Waals surface area (Å²) in [6.45, 7) is -0.397. The van der Waals surface area contributed by atoms with E-state index in [1.54, 1.807) is 42.8 Å². The molecule has 0 aliphatic rings. The van der Waals surface area contributed by atoms with Crippen LogP contribution in [0.1, 0.15) is 25.6 Å². The number of benzene rings is 2. The van der Waals surface area contributed by atoms with Crippen molar-refractivity contribution in [1.82, 2.24) is 10.6 Å². The highest BCUT2D eigenvalue weighted by atomic mass is 32.1. The molecule has 0 unspecified atom stereocenters. The minimum absolute atomic E-state index is 0.126. The topological polar surface area (TPSA) is 105 Å². The Kier molecular flexibility index (Phi) is 7.71. The van der Waals surface area contributed by atoms with E-state index in [1.807, 2.05) is 30.3 Å². The molecule has 4 amide bonds. The maximum atomic E-state index is 12.6. The van der Waals surface area contributed by atoms with E-state index in [0.29, 0.717) is 10.6 Å². The number of amides is 4. The Morgan fingerprint density at radius 1 is 0.938 bits per heavy atom. The Morgan fingerprint density at radius 2 is 1.66 bits per heavy atom. The van der Waals surface area contributed by atoms with Gasteiger partial charge in [-0.05, 0) is 29.1 Å². The zero-order chi connectivity index (χ0) is 22.9. The van der Waals surface area contributed by atoms with Crippen molar-refractivity contribution in [3.8, 4) is 0 Å². The number of nitrogens with zero attached hydrogens (tertiary/aromatic N) is 1. The summed E-state index contributed by atoms with van der Waals surface area (Å²) in [5.41, 5.74) is 1.34. The molecule has 0 fully saturated rings. The molecule has 8 nitrogen and oxygen atoms in total. The zero-order valence-electron chi connectivity index (χ0n) is 17.2. The van der Waals surface area contributed by atoms with E-state index in [1.165, 1.54) is 22.3 Å². The fraction of sp³-hybridized carbons (Fsp3) is 0.130. The van der Waals surface area contributed by atoms with E-state index in [0.717, 1.165) is 5.56 Å². The van der Waals surface area contributed by atoms with Crippen molar-refractivity contribution in [3.63, 3.8) is 0 Å². The molecule has 2 N–H and O–H groups in total. The number of ether oxygens (including phenoxy) is 1. The van der Waals surface area contributed by atoms with Crippen molar-refractivity contribution < 1.29 is 23.9 Å². The molecular weight excluding hydrogens is 430 g/mol. The second-order valence-electron chi connectivity index (χ2n) is 6.65. The highest BCUT2D eigenvalue weighted by Crippen LogP contribution is 2.23. The Labute approximate surface area is 188 Å². The Balaban J connectivity index is 1.54. The van der Waals surface area contributed by atoms with Gasteiger partial charge in [0.2, 0.25) is 0 Å². The minimum Gasteiger partial charge on any atom is -0.452 e. The third kappa shape index (κ3) is 6.02. The average Bonchev–Trinajstić information content (AvgIpc) is 3.36. The van der Waals surface area contributed by atoms with Gasteiger partial charge in [0.25, 0.3) is 11.8 Å². The number of anilines is 1. The van der Waals surface area contributed by atoms with Gasteiger partial charge in [0.1, 0.15) is 0 Å². The maximum Gasteiger partial charge on any atom is 0.340 e. The number of carbonyl (C=O) groups is 4. The Bertz CT molecular complexity index is 1100. The second-order valence-corrected chi connectivity index (χ2v) is 7.60. The van der Waals surface area contributed by atoms with Crippen molar-refractivity contribution in [2.45, 2.75) is 6.54 Å². The standard InChI is InChI=1S/C23H21N3O5S/c1-26(21(28)19-12-7-13-32-19)18-11-6-5-10-17(18)22(29)31-15-20(27)25-23(30)24-14-16-8-3-2-4-9-16/h2-13H,14-15H2,1H3,(H2,24,25,27,30). The number of urea groups is 1. The number of hydrogen-bond donors (Lipinski definition) is 2. The minimum atomic E-state index is -0.786. The fourth-order valence-corrected chi connectivity index (χ4v) is 3.51. The predicted octanol–water partition coefficient (Wildman–Crippen LogP) is 3.21. The van der Waals surface area contributed by atoms with Crippen LogP contribution in [0.2, 0.25) is 0 Å². The number of carbonyl (C=O) groups excluding carboxylic acids is 4. The first kappa shape index (κ1) is 22.7. The summed E-state index contributed by atoms with van der Waals surface area (Å²) in [6, 6.07) is 18.4. The molecule has 2 aromatic carbocycles. The monoisotopic (exact) mass is 451 g/mol. The molecule has 0 aliphatic carbocycles. The normalized spacial score (nSPS) is 10.2. The van der Waals surface area contributed by atoms with E-state index in [-0.39, 0.29) is 18.0 Å².